The fraction of sp³-hybridized carbons (Fsp3) is 0.600. The topological polar surface area (TPSA) is 34.1 Å². The summed E-state index contributed by atoms with van der Waals surface area (Å²) >= 11 is 0. The lowest BCUT2D eigenvalue weighted by molar-refractivity contribution is -0.129. The van der Waals surface area contributed by atoms with Crippen molar-refractivity contribution in [1.82, 2.24) is 0 Å². The molecule has 1 rings (SSSR count). The van der Waals surface area contributed by atoms with E-state index in [9.17, 15) is 9.59 Å². The van der Waals surface area contributed by atoms with Crippen molar-refractivity contribution in [1.29, 1.82) is 0 Å². The first-order valence-corrected chi connectivity index (χ1v) is 4.15. The van der Waals surface area contributed by atoms with Crippen molar-refractivity contribution in [3.8, 4) is 0 Å². The lowest BCUT2D eigenvalue weighted by Crippen LogP contribution is -2.38. The minimum absolute atomic E-state index is 0.110. The second-order valence-corrected chi connectivity index (χ2v) is 3.54. The molecule has 0 saturated carbocycles. The molecule has 0 aliphatic heterocycles. The average molecular weight is 166 g/mol. The van der Waals surface area contributed by atoms with Crippen LogP contribution in [0, 0.1) is 11.8 Å². The molecule has 0 heterocycles. The molecule has 0 saturated heterocycles. The van der Waals surface area contributed by atoms with Crippen molar-refractivity contribution in [2.45, 2.75) is 27.7 Å². The van der Waals surface area contributed by atoms with E-state index in [1.54, 1.807) is 13.8 Å². The van der Waals surface area contributed by atoms with E-state index in [1.165, 1.54) is 0 Å². The molecule has 2 heteroatoms. The molecule has 0 N–H and O–H groups in total. The van der Waals surface area contributed by atoms with Gasteiger partial charge in [0.05, 0.1) is 11.8 Å². The lowest BCUT2D eigenvalue weighted by Gasteiger charge is -2.36. The maximum atomic E-state index is 11.1. The molecule has 1 aliphatic carbocycles. The highest BCUT2D eigenvalue weighted by Crippen LogP contribution is 2.41. The summed E-state index contributed by atoms with van der Waals surface area (Å²) in [6.07, 6.45) is 0. The molecule has 0 aromatic carbocycles. The number of hydrogen-bond donors (Lipinski definition) is 0. The zero-order valence-electron chi connectivity index (χ0n) is 7.97. The SMILES string of the molecule is CC(=O)C1C(C)=C(C)C1C(C)=O. The predicted molar refractivity (Wildman–Crippen MR) is 46.7 cm³/mol. The van der Waals surface area contributed by atoms with Crippen LogP contribution in [0.3, 0.4) is 0 Å². The average Bonchev–Trinajstić information content (AvgIpc) is 1.96. The summed E-state index contributed by atoms with van der Waals surface area (Å²) in [5.41, 5.74) is 2.17. The highest BCUT2D eigenvalue weighted by Gasteiger charge is 2.40. The molecule has 12 heavy (non-hydrogen) atoms. The van der Waals surface area contributed by atoms with Crippen LogP contribution in [0.5, 0.6) is 0 Å². The molecule has 0 spiro atoms. The van der Waals surface area contributed by atoms with E-state index in [1.807, 2.05) is 13.8 Å². The Hall–Kier alpha value is -0.920. The van der Waals surface area contributed by atoms with Crippen LogP contribution in [0.2, 0.25) is 0 Å². The second-order valence-electron chi connectivity index (χ2n) is 3.54. The van der Waals surface area contributed by atoms with Crippen molar-refractivity contribution in [3.63, 3.8) is 0 Å². The van der Waals surface area contributed by atoms with Gasteiger partial charge >= 0.3 is 0 Å². The van der Waals surface area contributed by atoms with Gasteiger partial charge in [-0.3, -0.25) is 9.59 Å². The summed E-state index contributed by atoms with van der Waals surface area (Å²) in [6.45, 7) is 6.97. The van der Waals surface area contributed by atoms with Crippen LogP contribution >= 0.6 is 0 Å². The van der Waals surface area contributed by atoms with E-state index in [4.69, 9.17) is 0 Å². The Morgan fingerprint density at radius 2 is 1.17 bits per heavy atom. The molecule has 0 amide bonds. The van der Waals surface area contributed by atoms with Gasteiger partial charge in [-0.05, 0) is 27.7 Å². The molecular formula is C10H14O2. The highest BCUT2D eigenvalue weighted by atomic mass is 16.1. The molecular weight excluding hydrogens is 152 g/mol. The number of ketones is 2. The monoisotopic (exact) mass is 166 g/mol. The maximum absolute atomic E-state index is 11.1. The first-order valence-electron chi connectivity index (χ1n) is 4.15. The maximum Gasteiger partial charge on any atom is 0.137 e. The Morgan fingerprint density at radius 1 is 0.917 bits per heavy atom. The van der Waals surface area contributed by atoms with Crippen LogP contribution in [0.4, 0.5) is 0 Å². The normalized spacial score (nSPS) is 28.3. The van der Waals surface area contributed by atoms with Crippen molar-refractivity contribution < 1.29 is 9.59 Å². The van der Waals surface area contributed by atoms with Crippen molar-refractivity contribution in [3.05, 3.63) is 11.1 Å². The van der Waals surface area contributed by atoms with Gasteiger partial charge in [0.1, 0.15) is 11.6 Å². The van der Waals surface area contributed by atoms with Crippen LogP contribution < -0.4 is 0 Å². The molecule has 2 unspecified atom stereocenters. The zero-order chi connectivity index (χ0) is 9.46. The van der Waals surface area contributed by atoms with Crippen molar-refractivity contribution >= 4 is 11.6 Å². The number of allylic oxidation sites excluding steroid dienone is 2. The summed E-state index contributed by atoms with van der Waals surface area (Å²) < 4.78 is 0. The first-order chi connectivity index (χ1) is 5.46. The number of carbonyl (C=O) groups is 2. The van der Waals surface area contributed by atoms with Crippen LogP contribution in [0.15, 0.2) is 11.1 Å². The van der Waals surface area contributed by atoms with Crippen molar-refractivity contribution in [2.24, 2.45) is 11.8 Å². The Bertz CT molecular complexity index is 246. The van der Waals surface area contributed by atoms with E-state index in [2.05, 4.69) is 0 Å². The molecule has 0 aromatic rings. The van der Waals surface area contributed by atoms with Gasteiger partial charge in [-0.25, -0.2) is 0 Å². The third-order valence-electron chi connectivity index (χ3n) is 2.76. The van der Waals surface area contributed by atoms with Gasteiger partial charge < -0.3 is 0 Å². The highest BCUT2D eigenvalue weighted by molar-refractivity contribution is 5.94. The van der Waals surface area contributed by atoms with Gasteiger partial charge in [0.2, 0.25) is 0 Å². The van der Waals surface area contributed by atoms with Gasteiger partial charge in [-0.15, -0.1) is 0 Å². The quantitative estimate of drug-likeness (QED) is 0.585. The number of carbonyl (C=O) groups excluding carboxylic acids is 2. The minimum atomic E-state index is -0.123. The van der Waals surface area contributed by atoms with Gasteiger partial charge in [0.15, 0.2) is 0 Å². The Balaban J connectivity index is 2.94. The largest absolute Gasteiger partial charge is 0.299 e. The molecule has 2 atom stereocenters. The Morgan fingerprint density at radius 3 is 1.33 bits per heavy atom. The molecule has 0 fully saturated rings. The summed E-state index contributed by atoms with van der Waals surface area (Å²) in [7, 11) is 0. The fourth-order valence-corrected chi connectivity index (χ4v) is 1.97. The van der Waals surface area contributed by atoms with Gasteiger partial charge in [-0.1, -0.05) is 11.1 Å². The van der Waals surface area contributed by atoms with Crippen LogP contribution in [0.25, 0.3) is 0 Å². The molecule has 0 radical (unpaired) electrons. The van der Waals surface area contributed by atoms with Gasteiger partial charge in [0.25, 0.3) is 0 Å². The molecule has 1 aliphatic rings. The number of Topliss-reactive ketones (excluding diaryl/α,β-unsaturated/α-hetero) is 2. The molecule has 66 valence electrons. The summed E-state index contributed by atoms with van der Waals surface area (Å²) in [4.78, 5) is 22.2. The first kappa shape index (κ1) is 9.17. The third-order valence-corrected chi connectivity index (χ3v) is 2.76. The standard InChI is InChI=1S/C10H14O2/c1-5-6(2)10(8(4)12)9(5)7(3)11/h9-10H,1-4H3. The molecule has 0 aromatic heterocycles. The summed E-state index contributed by atoms with van der Waals surface area (Å²) in [5, 5.41) is 0. The molecule has 0 bridgehead atoms. The van der Waals surface area contributed by atoms with Crippen LogP contribution in [0.1, 0.15) is 27.7 Å². The number of rotatable bonds is 2. The van der Waals surface area contributed by atoms with Crippen LogP contribution in [-0.4, -0.2) is 11.6 Å². The van der Waals surface area contributed by atoms with E-state index in [0.29, 0.717) is 0 Å². The van der Waals surface area contributed by atoms with Gasteiger partial charge in [-0.2, -0.15) is 0 Å². The predicted octanol–water partition coefficient (Wildman–Crippen LogP) is 1.75. The fourth-order valence-electron chi connectivity index (χ4n) is 1.97. The number of hydrogen-bond acceptors (Lipinski definition) is 2. The second kappa shape index (κ2) is 2.85. The Labute approximate surface area is 72.7 Å². The summed E-state index contributed by atoms with van der Waals surface area (Å²) in [5.74, 6) is -0.0263. The van der Waals surface area contributed by atoms with Crippen molar-refractivity contribution in [2.75, 3.05) is 0 Å². The van der Waals surface area contributed by atoms with E-state index >= 15 is 0 Å². The van der Waals surface area contributed by atoms with E-state index < -0.39 is 0 Å². The zero-order valence-corrected chi connectivity index (χ0v) is 7.97. The Kier molecular flexibility index (Phi) is 2.18. The minimum Gasteiger partial charge on any atom is -0.299 e. The lowest BCUT2D eigenvalue weighted by atomic mass is 9.66. The third kappa shape index (κ3) is 1.11. The molecule has 2 nitrogen and oxygen atoms in total. The summed E-state index contributed by atoms with van der Waals surface area (Å²) in [6, 6.07) is 0. The van der Waals surface area contributed by atoms with E-state index in [0.717, 1.165) is 11.1 Å². The smallest absolute Gasteiger partial charge is 0.137 e. The van der Waals surface area contributed by atoms with Gasteiger partial charge in [0, 0.05) is 0 Å². The van der Waals surface area contributed by atoms with E-state index in [-0.39, 0.29) is 23.4 Å². The van der Waals surface area contributed by atoms with Crippen LogP contribution in [-0.2, 0) is 9.59 Å².